The predicted octanol–water partition coefficient (Wildman–Crippen LogP) is 0.489. The van der Waals surface area contributed by atoms with Crippen LogP contribution in [-0.2, 0) is 14.3 Å². The number of aliphatic carboxylic acids is 1. The molecule has 1 amide bonds. The molecule has 0 aromatic carbocycles. The van der Waals surface area contributed by atoms with Crippen molar-refractivity contribution >= 4 is 11.9 Å². The van der Waals surface area contributed by atoms with Crippen molar-refractivity contribution < 1.29 is 19.4 Å². The second-order valence-electron chi connectivity index (χ2n) is 4.06. The lowest BCUT2D eigenvalue weighted by Gasteiger charge is -2.40. The molecule has 0 bridgehead atoms. The van der Waals surface area contributed by atoms with Gasteiger partial charge in [0.05, 0.1) is 12.0 Å². The minimum absolute atomic E-state index is 0.168. The maximum atomic E-state index is 11.6. The minimum Gasteiger partial charge on any atom is -0.480 e. The van der Waals surface area contributed by atoms with E-state index in [0.29, 0.717) is 0 Å². The average Bonchev–Trinajstić information content (AvgIpc) is 2.09. The average molecular weight is 215 g/mol. The first kappa shape index (κ1) is 12.0. The van der Waals surface area contributed by atoms with Gasteiger partial charge in [-0.3, -0.25) is 9.59 Å². The Morgan fingerprint density at radius 1 is 1.47 bits per heavy atom. The van der Waals surface area contributed by atoms with Crippen LogP contribution in [0.3, 0.4) is 0 Å². The van der Waals surface area contributed by atoms with Gasteiger partial charge in [0.1, 0.15) is 6.54 Å². The van der Waals surface area contributed by atoms with E-state index < -0.39 is 5.97 Å². The summed E-state index contributed by atoms with van der Waals surface area (Å²) in [6.45, 7) is -0.251. The number of carbonyl (C=O) groups excluding carboxylic acids is 1. The lowest BCUT2D eigenvalue weighted by molar-refractivity contribution is -0.149. The zero-order chi connectivity index (χ0) is 11.5. The largest absolute Gasteiger partial charge is 0.480 e. The number of carbonyl (C=O) groups is 2. The van der Waals surface area contributed by atoms with Crippen molar-refractivity contribution in [1.82, 2.24) is 4.90 Å². The molecule has 0 heterocycles. The first-order valence-corrected chi connectivity index (χ1v) is 5.00. The standard InChI is InChI=1S/C10H17NO4/c1-11(7-9(13)14)8(12)6-10(15-2)4-3-5-10/h3-7H2,1-2H3,(H,13,14). The van der Waals surface area contributed by atoms with Gasteiger partial charge in [0.15, 0.2) is 0 Å². The van der Waals surface area contributed by atoms with E-state index in [4.69, 9.17) is 9.84 Å². The van der Waals surface area contributed by atoms with Crippen LogP contribution in [-0.4, -0.2) is 48.2 Å². The predicted molar refractivity (Wildman–Crippen MR) is 53.5 cm³/mol. The van der Waals surface area contributed by atoms with E-state index in [2.05, 4.69) is 0 Å². The van der Waals surface area contributed by atoms with Crippen LogP contribution in [0.1, 0.15) is 25.7 Å². The molecule has 1 saturated carbocycles. The number of likely N-dealkylation sites (N-methyl/N-ethyl adjacent to an activating group) is 1. The van der Waals surface area contributed by atoms with Gasteiger partial charge in [-0.15, -0.1) is 0 Å². The summed E-state index contributed by atoms with van der Waals surface area (Å²) in [4.78, 5) is 23.3. The molecule has 0 radical (unpaired) electrons. The summed E-state index contributed by atoms with van der Waals surface area (Å²) in [6.07, 6.45) is 3.13. The number of hydrogen-bond donors (Lipinski definition) is 1. The molecule has 0 spiro atoms. The molecule has 1 aliphatic rings. The van der Waals surface area contributed by atoms with Crippen LogP contribution >= 0.6 is 0 Å². The first-order valence-electron chi connectivity index (χ1n) is 5.00. The molecule has 86 valence electrons. The highest BCUT2D eigenvalue weighted by Crippen LogP contribution is 2.38. The van der Waals surface area contributed by atoms with Crippen LogP contribution in [0.15, 0.2) is 0 Å². The third-order valence-corrected chi connectivity index (χ3v) is 2.97. The first-order chi connectivity index (χ1) is 6.99. The van der Waals surface area contributed by atoms with Crippen molar-refractivity contribution in [1.29, 1.82) is 0 Å². The molecule has 0 atom stereocenters. The third-order valence-electron chi connectivity index (χ3n) is 2.97. The van der Waals surface area contributed by atoms with Gasteiger partial charge >= 0.3 is 5.97 Å². The van der Waals surface area contributed by atoms with Gasteiger partial charge in [0.25, 0.3) is 0 Å². The molecular weight excluding hydrogens is 198 g/mol. The van der Waals surface area contributed by atoms with Gasteiger partial charge in [-0.25, -0.2) is 0 Å². The number of carboxylic acids is 1. The zero-order valence-corrected chi connectivity index (χ0v) is 9.15. The molecule has 1 aliphatic carbocycles. The Kier molecular flexibility index (Phi) is 3.68. The van der Waals surface area contributed by atoms with E-state index in [1.807, 2.05) is 0 Å². The molecular formula is C10H17NO4. The second-order valence-corrected chi connectivity index (χ2v) is 4.06. The Bertz CT molecular complexity index is 255. The Balaban J connectivity index is 2.43. The number of nitrogens with zero attached hydrogens (tertiary/aromatic N) is 1. The van der Waals surface area contributed by atoms with Crippen LogP contribution in [0.2, 0.25) is 0 Å². The Hall–Kier alpha value is -1.10. The molecule has 0 unspecified atom stereocenters. The summed E-state index contributed by atoms with van der Waals surface area (Å²) in [5, 5.41) is 8.53. The molecule has 1 N–H and O–H groups in total. The smallest absolute Gasteiger partial charge is 0.323 e. The van der Waals surface area contributed by atoms with Crippen molar-refractivity contribution in [2.24, 2.45) is 0 Å². The molecule has 5 nitrogen and oxygen atoms in total. The summed E-state index contributed by atoms with van der Waals surface area (Å²) in [5.41, 5.74) is -0.330. The lowest BCUT2D eigenvalue weighted by atomic mass is 9.77. The molecule has 0 aliphatic heterocycles. The highest BCUT2D eigenvalue weighted by molar-refractivity contribution is 5.81. The summed E-state index contributed by atoms with van der Waals surface area (Å²) < 4.78 is 5.30. The highest BCUT2D eigenvalue weighted by Gasteiger charge is 2.39. The molecule has 1 rings (SSSR count). The summed E-state index contributed by atoms with van der Waals surface area (Å²) in [6, 6.07) is 0. The molecule has 15 heavy (non-hydrogen) atoms. The fourth-order valence-electron chi connectivity index (χ4n) is 1.73. The SMILES string of the molecule is COC1(CC(=O)N(C)CC(=O)O)CCC1. The topological polar surface area (TPSA) is 66.8 Å². The van der Waals surface area contributed by atoms with Gasteiger partial charge in [-0.2, -0.15) is 0 Å². The summed E-state index contributed by atoms with van der Waals surface area (Å²) in [5.74, 6) is -1.16. The van der Waals surface area contributed by atoms with Crippen LogP contribution < -0.4 is 0 Å². The van der Waals surface area contributed by atoms with E-state index in [-0.39, 0.29) is 24.5 Å². The highest BCUT2D eigenvalue weighted by atomic mass is 16.5. The van der Waals surface area contributed by atoms with Crippen molar-refractivity contribution in [3.63, 3.8) is 0 Å². The van der Waals surface area contributed by atoms with Crippen LogP contribution in [0.25, 0.3) is 0 Å². The van der Waals surface area contributed by atoms with E-state index >= 15 is 0 Å². The van der Waals surface area contributed by atoms with Gasteiger partial charge in [0, 0.05) is 14.2 Å². The van der Waals surface area contributed by atoms with Crippen molar-refractivity contribution in [2.45, 2.75) is 31.3 Å². The second kappa shape index (κ2) is 4.61. The van der Waals surface area contributed by atoms with Crippen molar-refractivity contribution in [2.75, 3.05) is 20.7 Å². The van der Waals surface area contributed by atoms with E-state index in [9.17, 15) is 9.59 Å². The maximum Gasteiger partial charge on any atom is 0.323 e. The summed E-state index contributed by atoms with van der Waals surface area (Å²) >= 11 is 0. The number of methoxy groups -OCH3 is 1. The number of rotatable bonds is 5. The third kappa shape index (κ3) is 2.92. The molecule has 0 aromatic heterocycles. The molecule has 0 saturated heterocycles. The van der Waals surface area contributed by atoms with Crippen LogP contribution in [0, 0.1) is 0 Å². The van der Waals surface area contributed by atoms with Gasteiger partial charge < -0.3 is 14.7 Å². The Labute approximate surface area is 89.0 Å². The van der Waals surface area contributed by atoms with Gasteiger partial charge in [-0.1, -0.05) is 0 Å². The van der Waals surface area contributed by atoms with Crippen molar-refractivity contribution in [3.05, 3.63) is 0 Å². The summed E-state index contributed by atoms with van der Waals surface area (Å²) in [7, 11) is 3.10. The zero-order valence-electron chi connectivity index (χ0n) is 9.15. The molecule has 1 fully saturated rings. The fourth-order valence-corrected chi connectivity index (χ4v) is 1.73. The van der Waals surface area contributed by atoms with Gasteiger partial charge in [-0.05, 0) is 19.3 Å². The Morgan fingerprint density at radius 3 is 2.40 bits per heavy atom. The number of hydrogen-bond acceptors (Lipinski definition) is 3. The number of ether oxygens (including phenoxy) is 1. The van der Waals surface area contributed by atoms with Crippen molar-refractivity contribution in [3.8, 4) is 0 Å². The van der Waals surface area contributed by atoms with E-state index in [0.717, 1.165) is 19.3 Å². The molecule has 0 aromatic rings. The monoisotopic (exact) mass is 215 g/mol. The molecule has 5 heteroatoms. The number of carboxylic acid groups (broad SMARTS) is 1. The van der Waals surface area contributed by atoms with Crippen LogP contribution in [0.5, 0.6) is 0 Å². The lowest BCUT2D eigenvalue weighted by Crippen LogP contribution is -2.45. The Morgan fingerprint density at radius 2 is 2.07 bits per heavy atom. The van der Waals surface area contributed by atoms with E-state index in [1.165, 1.54) is 11.9 Å². The fraction of sp³-hybridized carbons (Fsp3) is 0.800. The minimum atomic E-state index is -0.995. The quantitative estimate of drug-likeness (QED) is 0.724. The van der Waals surface area contributed by atoms with E-state index in [1.54, 1.807) is 7.11 Å². The number of amides is 1. The normalized spacial score (nSPS) is 18.0. The van der Waals surface area contributed by atoms with Crippen LogP contribution in [0.4, 0.5) is 0 Å². The maximum absolute atomic E-state index is 11.6. The van der Waals surface area contributed by atoms with Gasteiger partial charge in [0.2, 0.25) is 5.91 Å².